The number of likely N-dealkylation sites (tertiary alicyclic amines) is 1. The lowest BCUT2D eigenvalue weighted by Crippen LogP contribution is -2.56. The Hall–Kier alpha value is -2.09. The first-order chi connectivity index (χ1) is 11.5. The largest absolute Gasteiger partial charge is 0.481 e. The number of anilines is 1. The first kappa shape index (κ1) is 16.8. The van der Waals surface area contributed by atoms with Crippen molar-refractivity contribution in [3.63, 3.8) is 0 Å². The van der Waals surface area contributed by atoms with E-state index in [0.717, 1.165) is 5.82 Å². The Bertz CT molecular complexity index is 594. The van der Waals surface area contributed by atoms with Crippen LogP contribution in [0.4, 0.5) is 5.82 Å². The molecule has 2 fully saturated rings. The van der Waals surface area contributed by atoms with Gasteiger partial charge in [-0.15, -0.1) is 0 Å². The van der Waals surface area contributed by atoms with Crippen LogP contribution in [-0.2, 0) is 4.79 Å². The third kappa shape index (κ3) is 2.98. The van der Waals surface area contributed by atoms with Crippen LogP contribution >= 0.6 is 0 Å². The summed E-state index contributed by atoms with van der Waals surface area (Å²) in [5, 5.41) is 10.1. The number of carbonyl (C=O) groups excluding carboxylic acids is 1. The predicted octanol–water partition coefficient (Wildman–Crippen LogP) is 0.303. The molecule has 1 aromatic heterocycles. The van der Waals surface area contributed by atoms with Gasteiger partial charge in [0, 0.05) is 32.7 Å². The van der Waals surface area contributed by atoms with Gasteiger partial charge in [0.2, 0.25) is 11.8 Å². The second kappa shape index (κ2) is 6.43. The van der Waals surface area contributed by atoms with Gasteiger partial charge in [-0.25, -0.2) is 0 Å². The van der Waals surface area contributed by atoms with Crippen LogP contribution in [0.25, 0.3) is 0 Å². The molecular formula is C16H24N4O4. The van der Waals surface area contributed by atoms with E-state index in [1.807, 2.05) is 0 Å². The van der Waals surface area contributed by atoms with Gasteiger partial charge in [-0.3, -0.25) is 4.79 Å². The van der Waals surface area contributed by atoms with Crippen molar-refractivity contribution in [2.24, 2.45) is 5.41 Å². The Balaban J connectivity index is 1.76. The minimum Gasteiger partial charge on any atom is -0.481 e. The second-order valence-corrected chi connectivity index (χ2v) is 6.57. The molecule has 0 radical (unpaired) electrons. The number of rotatable bonds is 3. The minimum absolute atomic E-state index is 0.144. The van der Waals surface area contributed by atoms with Crippen molar-refractivity contribution in [1.82, 2.24) is 14.9 Å². The summed E-state index contributed by atoms with van der Waals surface area (Å²) in [4.78, 5) is 24.9. The molecule has 1 N–H and O–H groups in total. The Morgan fingerprint density at radius 2 is 1.96 bits per heavy atom. The molecule has 8 nitrogen and oxygen atoms in total. The predicted molar refractivity (Wildman–Crippen MR) is 87.3 cm³/mol. The first-order valence-electron chi connectivity index (χ1n) is 8.13. The van der Waals surface area contributed by atoms with Gasteiger partial charge >= 0.3 is 6.01 Å². The summed E-state index contributed by atoms with van der Waals surface area (Å²) in [5.41, 5.74) is -0.454. The maximum absolute atomic E-state index is 12.6. The molecule has 2 aliphatic rings. The zero-order chi connectivity index (χ0) is 17.3. The van der Waals surface area contributed by atoms with E-state index < -0.39 is 11.5 Å². The van der Waals surface area contributed by atoms with E-state index >= 15 is 0 Å². The van der Waals surface area contributed by atoms with Crippen molar-refractivity contribution in [2.75, 3.05) is 45.8 Å². The summed E-state index contributed by atoms with van der Waals surface area (Å²) in [6.07, 6.45) is 1.49. The number of likely N-dealkylation sites (N-methyl/N-ethyl adjacent to an activating group) is 1. The molecule has 3 heterocycles. The van der Waals surface area contributed by atoms with Crippen LogP contribution in [-0.4, -0.2) is 72.9 Å². The monoisotopic (exact) mass is 336 g/mol. The molecule has 132 valence electrons. The van der Waals surface area contributed by atoms with Gasteiger partial charge in [0.15, 0.2) is 0 Å². The zero-order valence-electron chi connectivity index (χ0n) is 14.4. The number of β-amino-alcohol motifs (C(OH)–C–C–N with tert-alkyl or cyclic N) is 1. The highest BCUT2D eigenvalue weighted by atomic mass is 16.5. The van der Waals surface area contributed by atoms with Crippen LogP contribution in [0.15, 0.2) is 6.07 Å². The molecule has 1 unspecified atom stereocenters. The van der Waals surface area contributed by atoms with E-state index in [1.165, 1.54) is 7.11 Å². The van der Waals surface area contributed by atoms with Gasteiger partial charge < -0.3 is 24.4 Å². The first-order valence-corrected chi connectivity index (χ1v) is 8.13. The van der Waals surface area contributed by atoms with Gasteiger partial charge in [-0.2, -0.15) is 9.97 Å². The van der Waals surface area contributed by atoms with E-state index in [9.17, 15) is 9.90 Å². The molecule has 0 aliphatic carbocycles. The van der Waals surface area contributed by atoms with Crippen LogP contribution in [0.2, 0.25) is 0 Å². The molecule has 2 saturated heterocycles. The summed E-state index contributed by atoms with van der Waals surface area (Å²) in [7, 11) is 4.83. The number of ether oxygens (including phenoxy) is 2. The number of nitrogens with zero attached hydrogens (tertiary/aromatic N) is 4. The Morgan fingerprint density at radius 1 is 1.25 bits per heavy atom. The molecule has 0 saturated carbocycles. The van der Waals surface area contributed by atoms with E-state index in [2.05, 4.69) is 14.9 Å². The highest BCUT2D eigenvalue weighted by Crippen LogP contribution is 2.41. The van der Waals surface area contributed by atoms with Crippen molar-refractivity contribution in [3.05, 3.63) is 6.07 Å². The van der Waals surface area contributed by atoms with Crippen LogP contribution in [0.5, 0.6) is 11.9 Å². The van der Waals surface area contributed by atoms with Gasteiger partial charge in [0.25, 0.3) is 0 Å². The van der Waals surface area contributed by atoms with Crippen molar-refractivity contribution >= 4 is 11.7 Å². The fraction of sp³-hybridized carbons (Fsp3) is 0.688. The average Bonchev–Trinajstić information content (AvgIpc) is 2.59. The maximum Gasteiger partial charge on any atom is 0.321 e. The van der Waals surface area contributed by atoms with Crippen molar-refractivity contribution in [1.29, 1.82) is 0 Å². The smallest absolute Gasteiger partial charge is 0.321 e. The number of aliphatic hydroxyl groups excluding tert-OH is 1. The number of hydrogen-bond acceptors (Lipinski definition) is 7. The summed E-state index contributed by atoms with van der Waals surface area (Å²) in [6.45, 7) is 1.80. The van der Waals surface area contributed by atoms with Crippen LogP contribution in [0.3, 0.4) is 0 Å². The number of amides is 1. The van der Waals surface area contributed by atoms with Crippen LogP contribution in [0, 0.1) is 5.41 Å². The molecule has 8 heteroatoms. The standard InChI is InChI=1S/C16H24N4O4/c1-19-10-11(21)9-16(14(19)22)4-6-20(7-5-16)12-8-13(23-2)18-15(17-12)24-3/h8,11,21H,4-7,9-10H2,1-3H3. The molecule has 1 atom stereocenters. The van der Waals surface area contributed by atoms with E-state index in [4.69, 9.17) is 9.47 Å². The number of piperidine rings is 2. The quantitative estimate of drug-likeness (QED) is 0.849. The molecule has 0 aromatic carbocycles. The minimum atomic E-state index is -0.454. The SMILES string of the molecule is COc1cc(N2CCC3(CC2)CC(O)CN(C)C3=O)nc(OC)n1. The molecule has 0 bridgehead atoms. The summed E-state index contributed by atoms with van der Waals surface area (Å²) >= 11 is 0. The van der Waals surface area contributed by atoms with Gasteiger partial charge in [0.05, 0.1) is 25.7 Å². The van der Waals surface area contributed by atoms with E-state index in [-0.39, 0.29) is 11.9 Å². The summed E-state index contributed by atoms with van der Waals surface area (Å²) in [5.74, 6) is 1.32. The van der Waals surface area contributed by atoms with Gasteiger partial charge in [0.1, 0.15) is 5.82 Å². The molecule has 24 heavy (non-hydrogen) atoms. The van der Waals surface area contributed by atoms with Crippen LogP contribution in [0.1, 0.15) is 19.3 Å². The number of carbonyl (C=O) groups is 1. The molecule has 1 amide bonds. The summed E-state index contributed by atoms with van der Waals surface area (Å²) in [6, 6.07) is 2.03. The van der Waals surface area contributed by atoms with Gasteiger partial charge in [-0.05, 0) is 19.3 Å². The molecule has 1 aromatic rings. The fourth-order valence-corrected chi connectivity index (χ4v) is 3.74. The third-order valence-electron chi connectivity index (χ3n) is 5.02. The number of methoxy groups -OCH3 is 2. The van der Waals surface area contributed by atoms with Crippen molar-refractivity contribution in [2.45, 2.75) is 25.4 Å². The molecule has 2 aliphatic heterocycles. The normalized spacial score (nSPS) is 23.5. The van der Waals surface area contributed by atoms with E-state index in [1.54, 1.807) is 25.1 Å². The number of hydrogen-bond donors (Lipinski definition) is 1. The van der Waals surface area contributed by atoms with Gasteiger partial charge in [-0.1, -0.05) is 0 Å². The number of aliphatic hydroxyl groups is 1. The Kier molecular flexibility index (Phi) is 4.49. The highest BCUT2D eigenvalue weighted by molar-refractivity contribution is 5.83. The lowest BCUT2D eigenvalue weighted by atomic mass is 9.71. The molecular weight excluding hydrogens is 312 g/mol. The molecule has 1 spiro atoms. The highest BCUT2D eigenvalue weighted by Gasteiger charge is 2.47. The third-order valence-corrected chi connectivity index (χ3v) is 5.02. The second-order valence-electron chi connectivity index (χ2n) is 6.57. The Morgan fingerprint density at radius 3 is 2.58 bits per heavy atom. The zero-order valence-corrected chi connectivity index (χ0v) is 14.4. The fourth-order valence-electron chi connectivity index (χ4n) is 3.74. The van der Waals surface area contributed by atoms with Crippen LogP contribution < -0.4 is 14.4 Å². The van der Waals surface area contributed by atoms with Crippen molar-refractivity contribution in [3.8, 4) is 11.9 Å². The lowest BCUT2D eigenvalue weighted by molar-refractivity contribution is -0.152. The molecule has 3 rings (SSSR count). The maximum atomic E-state index is 12.6. The summed E-state index contributed by atoms with van der Waals surface area (Å²) < 4.78 is 10.3. The van der Waals surface area contributed by atoms with Crippen molar-refractivity contribution < 1.29 is 19.4 Å². The Labute approximate surface area is 141 Å². The topological polar surface area (TPSA) is 88.0 Å². The number of aromatic nitrogens is 2. The van der Waals surface area contributed by atoms with E-state index in [0.29, 0.717) is 44.8 Å². The average molecular weight is 336 g/mol. The lowest BCUT2D eigenvalue weighted by Gasteiger charge is -2.47.